The molecule has 7 heteroatoms. The molecule has 2 amide bonds. The van der Waals surface area contributed by atoms with Gasteiger partial charge >= 0.3 is 6.03 Å². The first-order valence-electron chi connectivity index (χ1n) is 8.53. The van der Waals surface area contributed by atoms with Crippen LogP contribution in [-0.2, 0) is 6.42 Å². The third-order valence-electron chi connectivity index (χ3n) is 4.54. The van der Waals surface area contributed by atoms with E-state index in [4.69, 9.17) is 0 Å². The fourth-order valence-electron chi connectivity index (χ4n) is 3.41. The Kier molecular flexibility index (Phi) is 5.18. The highest BCUT2D eigenvalue weighted by Crippen LogP contribution is 2.34. The maximum atomic E-state index is 12.6. The van der Waals surface area contributed by atoms with Gasteiger partial charge in [-0.15, -0.1) is 11.3 Å². The molecule has 0 saturated carbocycles. The maximum Gasteiger partial charge on any atom is 0.317 e. The van der Waals surface area contributed by atoms with Gasteiger partial charge in [0.15, 0.2) is 0 Å². The summed E-state index contributed by atoms with van der Waals surface area (Å²) in [5, 5.41) is 13.6. The first-order chi connectivity index (χ1) is 11.6. The number of hydrogen-bond acceptors (Lipinski definition) is 4. The molecule has 3 rings (SSSR count). The van der Waals surface area contributed by atoms with E-state index < -0.39 is 0 Å². The maximum absolute atomic E-state index is 12.6. The number of urea groups is 1. The number of aryl methyl sites for hydroxylation is 4. The minimum atomic E-state index is 0.0350. The van der Waals surface area contributed by atoms with Crippen molar-refractivity contribution < 1.29 is 4.79 Å². The molecule has 0 spiro atoms. The number of carbonyl (C=O) groups excluding carboxylic acids is 1. The number of H-pyrrole nitrogens is 1. The van der Waals surface area contributed by atoms with E-state index in [0.29, 0.717) is 6.54 Å². The van der Waals surface area contributed by atoms with Crippen LogP contribution in [0.15, 0.2) is 5.38 Å². The lowest BCUT2D eigenvalue weighted by atomic mass is 10.0. The molecular formula is C17H25N5OS. The van der Waals surface area contributed by atoms with Crippen molar-refractivity contribution in [1.29, 1.82) is 0 Å². The van der Waals surface area contributed by atoms with Gasteiger partial charge in [-0.2, -0.15) is 5.10 Å². The second-order valence-corrected chi connectivity index (χ2v) is 7.36. The van der Waals surface area contributed by atoms with Crippen molar-refractivity contribution in [2.75, 3.05) is 13.1 Å². The predicted molar refractivity (Wildman–Crippen MR) is 95.3 cm³/mol. The molecular weight excluding hydrogens is 322 g/mol. The van der Waals surface area contributed by atoms with Crippen LogP contribution in [0.4, 0.5) is 4.79 Å². The van der Waals surface area contributed by atoms with Crippen molar-refractivity contribution in [1.82, 2.24) is 25.4 Å². The van der Waals surface area contributed by atoms with Gasteiger partial charge in [0.05, 0.1) is 16.7 Å². The summed E-state index contributed by atoms with van der Waals surface area (Å²) in [7, 11) is 0. The molecule has 2 aromatic heterocycles. The van der Waals surface area contributed by atoms with Gasteiger partial charge < -0.3 is 10.2 Å². The molecule has 2 N–H and O–H groups in total. The van der Waals surface area contributed by atoms with Crippen LogP contribution < -0.4 is 5.32 Å². The minimum Gasteiger partial charge on any atom is -0.338 e. The topological polar surface area (TPSA) is 73.9 Å². The summed E-state index contributed by atoms with van der Waals surface area (Å²) in [6, 6.07) is 0.179. The molecule has 6 nitrogen and oxygen atoms in total. The highest BCUT2D eigenvalue weighted by molar-refractivity contribution is 7.09. The number of rotatable bonds is 5. The molecule has 24 heavy (non-hydrogen) atoms. The Morgan fingerprint density at radius 3 is 2.96 bits per heavy atom. The van der Waals surface area contributed by atoms with Crippen LogP contribution in [0.25, 0.3) is 0 Å². The van der Waals surface area contributed by atoms with Crippen LogP contribution in [0.5, 0.6) is 0 Å². The SMILES string of the molecule is Cc1csc(CCCNC(=O)N2CCCC2c2c(C)n[nH]c2C)n1. The van der Waals surface area contributed by atoms with Crippen LogP contribution in [0.2, 0.25) is 0 Å². The van der Waals surface area contributed by atoms with Gasteiger partial charge in [-0.3, -0.25) is 5.10 Å². The van der Waals surface area contributed by atoms with Crippen molar-refractivity contribution in [2.45, 2.75) is 52.5 Å². The number of nitrogens with zero attached hydrogens (tertiary/aromatic N) is 3. The average Bonchev–Trinajstić information content (AvgIpc) is 3.25. The van der Waals surface area contributed by atoms with Crippen molar-refractivity contribution in [2.24, 2.45) is 0 Å². The zero-order valence-electron chi connectivity index (χ0n) is 14.6. The van der Waals surface area contributed by atoms with Gasteiger partial charge in [0.25, 0.3) is 0 Å². The Balaban J connectivity index is 1.52. The second-order valence-electron chi connectivity index (χ2n) is 6.42. The first-order valence-corrected chi connectivity index (χ1v) is 9.41. The summed E-state index contributed by atoms with van der Waals surface area (Å²) in [6.45, 7) is 7.54. The van der Waals surface area contributed by atoms with E-state index in [2.05, 4.69) is 25.9 Å². The lowest BCUT2D eigenvalue weighted by molar-refractivity contribution is 0.192. The fourth-order valence-corrected chi connectivity index (χ4v) is 4.23. The normalized spacial score (nSPS) is 17.5. The molecule has 0 aromatic carbocycles. The number of likely N-dealkylation sites (tertiary alicyclic amines) is 1. The largest absolute Gasteiger partial charge is 0.338 e. The van der Waals surface area contributed by atoms with Gasteiger partial charge in [-0.05, 0) is 40.0 Å². The van der Waals surface area contributed by atoms with Gasteiger partial charge in [0.2, 0.25) is 0 Å². The predicted octanol–water partition coefficient (Wildman–Crippen LogP) is 3.27. The summed E-state index contributed by atoms with van der Waals surface area (Å²) in [4.78, 5) is 19.0. The Morgan fingerprint density at radius 2 is 2.29 bits per heavy atom. The van der Waals surface area contributed by atoms with E-state index in [1.807, 2.05) is 25.7 Å². The van der Waals surface area contributed by atoms with Crippen LogP contribution in [0.3, 0.4) is 0 Å². The molecule has 0 aliphatic carbocycles. The van der Waals surface area contributed by atoms with Crippen molar-refractivity contribution in [3.05, 3.63) is 33.0 Å². The molecule has 3 heterocycles. The molecule has 130 valence electrons. The fraction of sp³-hybridized carbons (Fsp3) is 0.588. The van der Waals surface area contributed by atoms with Gasteiger partial charge in [0.1, 0.15) is 0 Å². The molecule has 1 unspecified atom stereocenters. The van der Waals surface area contributed by atoms with Gasteiger partial charge in [-0.1, -0.05) is 0 Å². The zero-order valence-corrected chi connectivity index (χ0v) is 15.4. The molecule has 0 radical (unpaired) electrons. The van der Waals surface area contributed by atoms with E-state index in [9.17, 15) is 4.79 Å². The third kappa shape index (κ3) is 3.61. The van der Waals surface area contributed by atoms with E-state index in [-0.39, 0.29) is 12.1 Å². The molecule has 1 saturated heterocycles. The monoisotopic (exact) mass is 347 g/mol. The standard InChI is InChI=1S/C17H25N5OS/c1-11-10-24-15(19-11)7-4-8-18-17(23)22-9-5-6-14(22)16-12(2)20-21-13(16)3/h10,14H,4-9H2,1-3H3,(H,18,23)(H,20,21). The highest BCUT2D eigenvalue weighted by atomic mass is 32.1. The van der Waals surface area contributed by atoms with Crippen molar-refractivity contribution >= 4 is 17.4 Å². The third-order valence-corrected chi connectivity index (χ3v) is 5.57. The summed E-state index contributed by atoms with van der Waals surface area (Å²) < 4.78 is 0. The van der Waals surface area contributed by atoms with E-state index in [1.54, 1.807) is 11.3 Å². The van der Waals surface area contributed by atoms with Gasteiger partial charge in [0, 0.05) is 41.8 Å². The number of hydrogen-bond donors (Lipinski definition) is 2. The van der Waals surface area contributed by atoms with Crippen LogP contribution >= 0.6 is 11.3 Å². The van der Waals surface area contributed by atoms with Crippen molar-refractivity contribution in [3.8, 4) is 0 Å². The number of aromatic nitrogens is 3. The van der Waals surface area contributed by atoms with E-state index >= 15 is 0 Å². The minimum absolute atomic E-state index is 0.0350. The Morgan fingerprint density at radius 1 is 1.46 bits per heavy atom. The smallest absolute Gasteiger partial charge is 0.317 e. The molecule has 0 bridgehead atoms. The highest BCUT2D eigenvalue weighted by Gasteiger charge is 2.32. The summed E-state index contributed by atoms with van der Waals surface area (Å²) >= 11 is 1.69. The first kappa shape index (κ1) is 17.0. The molecule has 1 fully saturated rings. The average molecular weight is 347 g/mol. The Bertz CT molecular complexity index is 688. The Hall–Kier alpha value is -1.89. The second kappa shape index (κ2) is 7.34. The van der Waals surface area contributed by atoms with E-state index in [1.165, 1.54) is 5.56 Å². The van der Waals surface area contributed by atoms with Crippen LogP contribution in [-0.4, -0.2) is 39.2 Å². The molecule has 1 aliphatic heterocycles. The molecule has 1 atom stereocenters. The number of thiazole rings is 1. The summed E-state index contributed by atoms with van der Waals surface area (Å²) in [5.41, 5.74) is 4.32. The number of aromatic amines is 1. The van der Waals surface area contributed by atoms with Crippen LogP contribution in [0.1, 0.15) is 53.0 Å². The number of carbonyl (C=O) groups is 1. The summed E-state index contributed by atoms with van der Waals surface area (Å²) in [5.74, 6) is 0. The zero-order chi connectivity index (χ0) is 17.1. The lowest BCUT2D eigenvalue weighted by Gasteiger charge is -2.25. The van der Waals surface area contributed by atoms with Crippen molar-refractivity contribution in [3.63, 3.8) is 0 Å². The molecule has 2 aromatic rings. The van der Waals surface area contributed by atoms with Crippen LogP contribution in [0, 0.1) is 20.8 Å². The Labute approximate surface area is 146 Å². The quantitative estimate of drug-likeness (QED) is 0.815. The lowest BCUT2D eigenvalue weighted by Crippen LogP contribution is -2.40. The number of nitrogens with one attached hydrogen (secondary N) is 2. The molecule has 1 aliphatic rings. The summed E-state index contributed by atoms with van der Waals surface area (Å²) in [6.07, 6.45) is 3.89. The van der Waals surface area contributed by atoms with E-state index in [0.717, 1.165) is 54.3 Å². The number of amides is 2. The van der Waals surface area contributed by atoms with Gasteiger partial charge in [-0.25, -0.2) is 9.78 Å².